The summed E-state index contributed by atoms with van der Waals surface area (Å²) < 4.78 is 32.0. The predicted octanol–water partition coefficient (Wildman–Crippen LogP) is 5.42. The Balaban J connectivity index is 1.12. The zero-order valence-electron chi connectivity index (χ0n) is 23.2. The van der Waals surface area contributed by atoms with Crippen LogP contribution in [0.2, 0.25) is 0 Å². The van der Waals surface area contributed by atoms with E-state index in [9.17, 15) is 14.3 Å². The van der Waals surface area contributed by atoms with E-state index in [0.717, 1.165) is 68.4 Å². The molecule has 2 aromatic rings. The van der Waals surface area contributed by atoms with Crippen molar-refractivity contribution < 1.29 is 28.5 Å². The molecule has 2 atom stereocenters. The van der Waals surface area contributed by atoms with E-state index < -0.39 is 17.8 Å². The highest BCUT2D eigenvalue weighted by atomic mass is 19.1. The molecule has 2 fully saturated rings. The molecule has 1 aromatic carbocycles. The molecule has 0 radical (unpaired) electrons. The third-order valence-electron chi connectivity index (χ3n) is 8.42. The van der Waals surface area contributed by atoms with E-state index in [1.165, 1.54) is 36.2 Å². The number of ether oxygens (including phenoxy) is 3. The van der Waals surface area contributed by atoms with Gasteiger partial charge < -0.3 is 19.3 Å². The van der Waals surface area contributed by atoms with Gasteiger partial charge in [-0.1, -0.05) is 6.07 Å². The van der Waals surface area contributed by atoms with E-state index in [4.69, 9.17) is 19.2 Å². The van der Waals surface area contributed by atoms with Gasteiger partial charge in [0.05, 0.1) is 25.4 Å². The van der Waals surface area contributed by atoms with Crippen LogP contribution in [0.25, 0.3) is 0 Å². The highest BCUT2D eigenvalue weighted by molar-refractivity contribution is 5.76. The van der Waals surface area contributed by atoms with Crippen LogP contribution >= 0.6 is 0 Å². The molecule has 3 aliphatic rings. The van der Waals surface area contributed by atoms with Crippen molar-refractivity contribution in [2.24, 2.45) is 0 Å². The van der Waals surface area contributed by atoms with Crippen molar-refractivity contribution in [3.63, 3.8) is 0 Å². The minimum Gasteiger partial charge on any atom is -0.496 e. The predicted molar refractivity (Wildman–Crippen MR) is 146 cm³/mol. The van der Waals surface area contributed by atoms with Crippen LogP contribution in [0.1, 0.15) is 86.0 Å². The Morgan fingerprint density at radius 2 is 2.05 bits per heavy atom. The first kappa shape index (κ1) is 28.0. The first-order chi connectivity index (χ1) is 18.8. The van der Waals surface area contributed by atoms with Gasteiger partial charge in [-0.2, -0.15) is 0 Å². The SMILES string of the molecule is COc1cc(CCCCO[C@@H]2CCN(C(C(=O)O)c3cc(F)ccc3COC3(C)CC3)C2)nc2c1CCCC2. The van der Waals surface area contributed by atoms with Crippen LogP contribution < -0.4 is 4.74 Å². The number of benzene rings is 1. The molecule has 1 N–H and O–H groups in total. The van der Waals surface area contributed by atoms with E-state index in [1.54, 1.807) is 13.2 Å². The van der Waals surface area contributed by atoms with Crippen LogP contribution in [0.4, 0.5) is 4.39 Å². The molecule has 0 spiro atoms. The zero-order chi connectivity index (χ0) is 27.4. The molecule has 1 saturated carbocycles. The topological polar surface area (TPSA) is 81.1 Å². The first-order valence-corrected chi connectivity index (χ1v) is 14.4. The number of pyridine rings is 1. The summed E-state index contributed by atoms with van der Waals surface area (Å²) in [7, 11) is 1.74. The first-order valence-electron chi connectivity index (χ1n) is 14.4. The normalized spacial score (nSPS) is 20.9. The van der Waals surface area contributed by atoms with Crippen molar-refractivity contribution in [1.29, 1.82) is 0 Å². The fourth-order valence-corrected chi connectivity index (χ4v) is 5.83. The summed E-state index contributed by atoms with van der Waals surface area (Å²) in [6.45, 7) is 4.06. The molecule has 1 unspecified atom stereocenters. The van der Waals surface area contributed by atoms with Crippen molar-refractivity contribution in [3.05, 3.63) is 58.2 Å². The van der Waals surface area contributed by atoms with Gasteiger partial charge in [0.25, 0.3) is 0 Å². The number of hydrogen-bond acceptors (Lipinski definition) is 6. The lowest BCUT2D eigenvalue weighted by Gasteiger charge is -2.27. The number of nitrogens with zero attached hydrogens (tertiary/aromatic N) is 2. The van der Waals surface area contributed by atoms with Crippen LogP contribution in [0, 0.1) is 5.82 Å². The summed E-state index contributed by atoms with van der Waals surface area (Å²) in [5, 5.41) is 10.1. The van der Waals surface area contributed by atoms with E-state index >= 15 is 0 Å². The van der Waals surface area contributed by atoms with Gasteiger partial charge in [-0.15, -0.1) is 0 Å². The fourth-order valence-electron chi connectivity index (χ4n) is 5.83. The number of carboxylic acids is 1. The van der Waals surface area contributed by atoms with Gasteiger partial charge in [0.1, 0.15) is 17.6 Å². The Morgan fingerprint density at radius 1 is 1.23 bits per heavy atom. The van der Waals surface area contributed by atoms with Crippen molar-refractivity contribution in [1.82, 2.24) is 9.88 Å². The minimum atomic E-state index is -0.979. The molecule has 2 heterocycles. The van der Waals surface area contributed by atoms with Crippen LogP contribution in [0.15, 0.2) is 24.3 Å². The number of aryl methyl sites for hydroxylation is 2. The van der Waals surface area contributed by atoms with Crippen molar-refractivity contribution in [2.75, 3.05) is 26.8 Å². The average Bonchev–Trinajstić information content (AvgIpc) is 3.49. The molecule has 2 aliphatic carbocycles. The van der Waals surface area contributed by atoms with E-state index in [0.29, 0.717) is 25.3 Å². The smallest absolute Gasteiger partial charge is 0.325 e. The number of likely N-dealkylation sites (tertiary alicyclic amines) is 1. The van der Waals surface area contributed by atoms with Gasteiger partial charge in [0.15, 0.2) is 0 Å². The number of halogens is 1. The molecule has 212 valence electrons. The minimum absolute atomic E-state index is 0.0348. The molecule has 1 aliphatic heterocycles. The van der Waals surface area contributed by atoms with Crippen LogP contribution in [0.3, 0.4) is 0 Å². The van der Waals surface area contributed by atoms with Crippen LogP contribution in [0.5, 0.6) is 5.75 Å². The largest absolute Gasteiger partial charge is 0.496 e. The number of aliphatic carboxylic acids is 1. The molecule has 0 amide bonds. The van der Waals surface area contributed by atoms with E-state index in [1.807, 2.05) is 11.8 Å². The molecular formula is C31H41FN2O5. The van der Waals surface area contributed by atoms with E-state index in [2.05, 4.69) is 6.07 Å². The van der Waals surface area contributed by atoms with Gasteiger partial charge in [0.2, 0.25) is 0 Å². The molecule has 0 bridgehead atoms. The van der Waals surface area contributed by atoms with Crippen LogP contribution in [-0.4, -0.2) is 59.5 Å². The number of hydrogen-bond donors (Lipinski definition) is 1. The quantitative estimate of drug-likeness (QED) is 0.340. The molecular weight excluding hydrogens is 499 g/mol. The second-order valence-electron chi connectivity index (χ2n) is 11.5. The Bertz CT molecular complexity index is 1150. The number of fused-ring (bicyclic) bond motifs is 1. The Morgan fingerprint density at radius 3 is 2.82 bits per heavy atom. The highest BCUT2D eigenvalue weighted by Crippen LogP contribution is 2.40. The second-order valence-corrected chi connectivity index (χ2v) is 11.5. The third-order valence-corrected chi connectivity index (χ3v) is 8.42. The lowest BCUT2D eigenvalue weighted by Crippen LogP contribution is -2.34. The average molecular weight is 541 g/mol. The number of rotatable bonds is 13. The monoisotopic (exact) mass is 540 g/mol. The standard InChI is InChI=1S/C31H41FN2O5/c1-31(13-14-31)39-20-21-10-11-22(32)17-26(21)29(30(35)36)34-15-12-24(19-34)38-16-6-5-7-23-18-28(37-2)25-8-3-4-9-27(25)33-23/h10-11,17-18,24,29H,3-9,12-16,19-20H2,1-2H3,(H,35,36)/t24-,29?/m1/s1. The highest BCUT2D eigenvalue weighted by Gasteiger charge is 2.39. The molecule has 7 nitrogen and oxygen atoms in total. The summed E-state index contributed by atoms with van der Waals surface area (Å²) in [4.78, 5) is 19.2. The fraction of sp³-hybridized carbons (Fsp3) is 0.613. The zero-order valence-corrected chi connectivity index (χ0v) is 23.2. The Kier molecular flexibility index (Phi) is 8.84. The maximum atomic E-state index is 14.2. The summed E-state index contributed by atoms with van der Waals surface area (Å²) in [6.07, 6.45) is 9.94. The molecule has 39 heavy (non-hydrogen) atoms. The second kappa shape index (κ2) is 12.3. The van der Waals surface area contributed by atoms with Gasteiger partial charge in [-0.05, 0) is 94.4 Å². The molecule has 8 heteroatoms. The van der Waals surface area contributed by atoms with Crippen molar-refractivity contribution in [2.45, 2.75) is 95.5 Å². The molecule has 1 aromatic heterocycles. The maximum Gasteiger partial charge on any atom is 0.325 e. The molecule has 5 rings (SSSR count). The number of carboxylic acid groups (broad SMARTS) is 1. The number of carbonyl (C=O) groups is 1. The molecule has 1 saturated heterocycles. The van der Waals surface area contributed by atoms with Gasteiger partial charge in [-0.3, -0.25) is 14.7 Å². The van der Waals surface area contributed by atoms with Gasteiger partial charge >= 0.3 is 5.97 Å². The summed E-state index contributed by atoms with van der Waals surface area (Å²) in [5.41, 5.74) is 4.61. The van der Waals surface area contributed by atoms with Crippen LogP contribution in [-0.2, 0) is 40.1 Å². The number of methoxy groups -OCH3 is 1. The van der Waals surface area contributed by atoms with Crippen molar-refractivity contribution in [3.8, 4) is 5.75 Å². The summed E-state index contributed by atoms with van der Waals surface area (Å²) in [6, 6.07) is 5.54. The maximum absolute atomic E-state index is 14.2. The lowest BCUT2D eigenvalue weighted by atomic mass is 9.94. The third kappa shape index (κ3) is 6.97. The van der Waals surface area contributed by atoms with Gasteiger partial charge in [0, 0.05) is 42.7 Å². The van der Waals surface area contributed by atoms with E-state index in [-0.39, 0.29) is 18.3 Å². The summed E-state index contributed by atoms with van der Waals surface area (Å²) in [5.74, 6) is -0.441. The van der Waals surface area contributed by atoms with Crippen molar-refractivity contribution >= 4 is 5.97 Å². The van der Waals surface area contributed by atoms with Gasteiger partial charge in [-0.25, -0.2) is 4.39 Å². The summed E-state index contributed by atoms with van der Waals surface area (Å²) >= 11 is 0. The Labute approximate surface area is 230 Å². The Hall–Kier alpha value is -2.55. The lowest BCUT2D eigenvalue weighted by molar-refractivity contribution is -0.143. The number of unbranched alkanes of at least 4 members (excludes halogenated alkanes) is 1. The number of aromatic nitrogens is 1.